The maximum absolute atomic E-state index is 5.94. The molecule has 20 heavy (non-hydrogen) atoms. The lowest BCUT2D eigenvalue weighted by Gasteiger charge is -2.14. The lowest BCUT2D eigenvalue weighted by atomic mass is 10.1. The fourth-order valence-electron chi connectivity index (χ4n) is 2.29. The summed E-state index contributed by atoms with van der Waals surface area (Å²) < 4.78 is 5.94. The number of ether oxygens (including phenoxy) is 1. The lowest BCUT2D eigenvalue weighted by molar-refractivity contribution is 0.478. The van der Waals surface area contributed by atoms with Gasteiger partial charge in [-0.25, -0.2) is 0 Å². The Bertz CT molecular complexity index is 560. The second-order valence-electron chi connectivity index (χ2n) is 5.22. The highest BCUT2D eigenvalue weighted by atomic mass is 16.5. The molecule has 0 fully saturated rings. The van der Waals surface area contributed by atoms with E-state index in [-0.39, 0.29) is 0 Å². The molecular formula is C18H23NO. The number of hydrogen-bond donors (Lipinski definition) is 1. The summed E-state index contributed by atoms with van der Waals surface area (Å²) in [6, 6.07) is 14.9. The molecule has 2 rings (SSSR count). The Labute approximate surface area is 121 Å². The average Bonchev–Trinajstić information content (AvgIpc) is 2.43. The number of benzene rings is 2. The Hall–Kier alpha value is -1.80. The molecule has 0 aromatic heterocycles. The van der Waals surface area contributed by atoms with Gasteiger partial charge in [-0.15, -0.1) is 0 Å². The summed E-state index contributed by atoms with van der Waals surface area (Å²) in [6.45, 7) is 9.43. The zero-order valence-electron chi connectivity index (χ0n) is 12.7. The third-order valence-electron chi connectivity index (χ3n) is 3.45. The van der Waals surface area contributed by atoms with Gasteiger partial charge in [-0.1, -0.05) is 36.8 Å². The van der Waals surface area contributed by atoms with Crippen LogP contribution in [0, 0.1) is 13.8 Å². The molecule has 0 aliphatic rings. The fourth-order valence-corrected chi connectivity index (χ4v) is 2.29. The van der Waals surface area contributed by atoms with Crippen molar-refractivity contribution in [2.45, 2.75) is 33.7 Å². The maximum Gasteiger partial charge on any atom is 0.130 e. The van der Waals surface area contributed by atoms with Crippen molar-refractivity contribution in [3.05, 3.63) is 59.2 Å². The van der Waals surface area contributed by atoms with E-state index in [1.807, 2.05) is 18.2 Å². The first-order valence-corrected chi connectivity index (χ1v) is 7.18. The molecule has 0 saturated heterocycles. The molecule has 1 unspecified atom stereocenters. The van der Waals surface area contributed by atoms with Gasteiger partial charge in [-0.3, -0.25) is 0 Å². The highest BCUT2D eigenvalue weighted by Gasteiger charge is 2.05. The molecule has 0 spiro atoms. The number of rotatable bonds is 5. The van der Waals surface area contributed by atoms with Crippen LogP contribution in [0.1, 0.15) is 36.6 Å². The second kappa shape index (κ2) is 6.58. The van der Waals surface area contributed by atoms with E-state index < -0.39 is 0 Å². The predicted molar refractivity (Wildman–Crippen MR) is 84.5 cm³/mol. The van der Waals surface area contributed by atoms with Crippen LogP contribution < -0.4 is 10.1 Å². The largest absolute Gasteiger partial charge is 0.457 e. The van der Waals surface area contributed by atoms with E-state index in [0.717, 1.165) is 23.6 Å². The summed E-state index contributed by atoms with van der Waals surface area (Å²) in [7, 11) is 0. The molecular weight excluding hydrogens is 246 g/mol. The molecule has 1 atom stereocenters. The molecule has 0 amide bonds. The SMILES string of the molecule is CCNC(C)c1ccc(Oc2ccc(C)cc2C)cc1. The van der Waals surface area contributed by atoms with Crippen molar-refractivity contribution < 1.29 is 4.74 Å². The van der Waals surface area contributed by atoms with Gasteiger partial charge in [0, 0.05) is 6.04 Å². The van der Waals surface area contributed by atoms with Gasteiger partial charge in [0.25, 0.3) is 0 Å². The summed E-state index contributed by atoms with van der Waals surface area (Å²) in [5, 5.41) is 3.41. The predicted octanol–water partition coefficient (Wildman–Crippen LogP) is 4.77. The van der Waals surface area contributed by atoms with Gasteiger partial charge < -0.3 is 10.1 Å². The second-order valence-corrected chi connectivity index (χ2v) is 5.22. The first kappa shape index (κ1) is 14.6. The molecule has 0 aliphatic carbocycles. The summed E-state index contributed by atoms with van der Waals surface area (Å²) in [5.74, 6) is 1.80. The van der Waals surface area contributed by atoms with Gasteiger partial charge in [0.15, 0.2) is 0 Å². The third kappa shape index (κ3) is 3.61. The standard InChI is InChI=1S/C18H23NO/c1-5-19-15(4)16-7-9-17(10-8-16)20-18-11-6-13(2)12-14(18)3/h6-12,15,19H,5H2,1-4H3. The van der Waals surface area contributed by atoms with Crippen molar-refractivity contribution in [2.24, 2.45) is 0 Å². The molecule has 0 radical (unpaired) electrons. The third-order valence-corrected chi connectivity index (χ3v) is 3.45. The summed E-state index contributed by atoms with van der Waals surface area (Å²) >= 11 is 0. The Kier molecular flexibility index (Phi) is 4.80. The number of aryl methyl sites for hydroxylation is 2. The van der Waals surface area contributed by atoms with Crippen molar-refractivity contribution in [3.63, 3.8) is 0 Å². The monoisotopic (exact) mass is 269 g/mol. The van der Waals surface area contributed by atoms with Crippen LogP contribution in [0.25, 0.3) is 0 Å². The van der Waals surface area contributed by atoms with E-state index in [9.17, 15) is 0 Å². The number of hydrogen-bond acceptors (Lipinski definition) is 2. The Morgan fingerprint density at radius 3 is 2.35 bits per heavy atom. The summed E-state index contributed by atoms with van der Waals surface area (Å²) in [4.78, 5) is 0. The molecule has 0 aliphatic heterocycles. The van der Waals surface area contributed by atoms with E-state index >= 15 is 0 Å². The van der Waals surface area contributed by atoms with Crippen LogP contribution in [0.2, 0.25) is 0 Å². The van der Waals surface area contributed by atoms with Crippen molar-refractivity contribution in [3.8, 4) is 11.5 Å². The summed E-state index contributed by atoms with van der Waals surface area (Å²) in [5.41, 5.74) is 3.69. The molecule has 0 bridgehead atoms. The van der Waals surface area contributed by atoms with Crippen molar-refractivity contribution in [1.82, 2.24) is 5.32 Å². The topological polar surface area (TPSA) is 21.3 Å². The Morgan fingerprint density at radius 2 is 1.75 bits per heavy atom. The van der Waals surface area contributed by atoms with Crippen LogP contribution in [-0.4, -0.2) is 6.54 Å². The molecule has 106 valence electrons. The van der Waals surface area contributed by atoms with Crippen molar-refractivity contribution in [2.75, 3.05) is 6.54 Å². The number of nitrogens with one attached hydrogen (secondary N) is 1. The minimum absolute atomic E-state index is 0.371. The Balaban J connectivity index is 2.10. The van der Waals surface area contributed by atoms with Gasteiger partial charge in [-0.2, -0.15) is 0 Å². The van der Waals surface area contributed by atoms with Crippen LogP contribution in [0.5, 0.6) is 11.5 Å². The quantitative estimate of drug-likeness (QED) is 0.844. The van der Waals surface area contributed by atoms with E-state index in [2.05, 4.69) is 57.3 Å². The van der Waals surface area contributed by atoms with Crippen LogP contribution in [0.3, 0.4) is 0 Å². The van der Waals surface area contributed by atoms with Crippen LogP contribution in [-0.2, 0) is 0 Å². The van der Waals surface area contributed by atoms with Crippen LogP contribution in [0.4, 0.5) is 0 Å². The van der Waals surface area contributed by atoms with E-state index in [4.69, 9.17) is 4.74 Å². The highest BCUT2D eigenvalue weighted by Crippen LogP contribution is 2.26. The van der Waals surface area contributed by atoms with Crippen molar-refractivity contribution in [1.29, 1.82) is 0 Å². The van der Waals surface area contributed by atoms with Gasteiger partial charge >= 0.3 is 0 Å². The van der Waals surface area contributed by atoms with Crippen LogP contribution >= 0.6 is 0 Å². The molecule has 0 saturated carbocycles. The molecule has 2 heteroatoms. The van der Waals surface area contributed by atoms with Gasteiger partial charge in [0.1, 0.15) is 11.5 Å². The lowest BCUT2D eigenvalue weighted by Crippen LogP contribution is -2.17. The maximum atomic E-state index is 5.94. The normalized spacial score (nSPS) is 12.2. The first-order chi connectivity index (χ1) is 9.60. The van der Waals surface area contributed by atoms with Gasteiger partial charge in [0.2, 0.25) is 0 Å². The molecule has 2 nitrogen and oxygen atoms in total. The highest BCUT2D eigenvalue weighted by molar-refractivity contribution is 5.40. The molecule has 2 aromatic carbocycles. The van der Waals surface area contributed by atoms with E-state index in [1.165, 1.54) is 11.1 Å². The molecule has 1 N–H and O–H groups in total. The van der Waals surface area contributed by atoms with Crippen molar-refractivity contribution >= 4 is 0 Å². The van der Waals surface area contributed by atoms with Gasteiger partial charge in [-0.05, 0) is 56.6 Å². The van der Waals surface area contributed by atoms with Gasteiger partial charge in [0.05, 0.1) is 0 Å². The fraction of sp³-hybridized carbons (Fsp3) is 0.333. The average molecular weight is 269 g/mol. The van der Waals surface area contributed by atoms with E-state index in [1.54, 1.807) is 0 Å². The zero-order chi connectivity index (χ0) is 14.5. The molecule has 2 aromatic rings. The van der Waals surface area contributed by atoms with E-state index in [0.29, 0.717) is 6.04 Å². The summed E-state index contributed by atoms with van der Waals surface area (Å²) in [6.07, 6.45) is 0. The first-order valence-electron chi connectivity index (χ1n) is 7.18. The minimum atomic E-state index is 0.371. The zero-order valence-corrected chi connectivity index (χ0v) is 12.7. The van der Waals surface area contributed by atoms with Crippen LogP contribution in [0.15, 0.2) is 42.5 Å². The smallest absolute Gasteiger partial charge is 0.130 e. The molecule has 0 heterocycles. The Morgan fingerprint density at radius 1 is 1.05 bits per heavy atom. The minimum Gasteiger partial charge on any atom is -0.457 e.